The Balaban J connectivity index is 1.53. The average Bonchev–Trinajstić information content (AvgIpc) is 3.13. The molecule has 0 radical (unpaired) electrons. The van der Waals surface area contributed by atoms with E-state index >= 15 is 0 Å². The number of guanidine groups is 1. The maximum atomic E-state index is 11.2. The van der Waals surface area contributed by atoms with Crippen molar-refractivity contribution in [3.63, 3.8) is 0 Å². The number of rotatable bonds is 5. The first-order valence-electron chi connectivity index (χ1n) is 9.38. The summed E-state index contributed by atoms with van der Waals surface area (Å²) in [4.78, 5) is 17.9. The second kappa shape index (κ2) is 9.59. The van der Waals surface area contributed by atoms with Gasteiger partial charge in [0.2, 0.25) is 5.91 Å². The van der Waals surface area contributed by atoms with Crippen molar-refractivity contribution >= 4 is 39.2 Å². The third kappa shape index (κ3) is 5.48. The number of aliphatic imine (C=N–C) groups is 1. The van der Waals surface area contributed by atoms with Crippen molar-refractivity contribution in [2.75, 3.05) is 30.4 Å². The molecule has 0 saturated carbocycles. The predicted molar refractivity (Wildman–Crippen MR) is 119 cm³/mol. The fourth-order valence-corrected chi connectivity index (χ4v) is 3.88. The van der Waals surface area contributed by atoms with Crippen molar-refractivity contribution in [1.29, 1.82) is 0 Å². The van der Waals surface area contributed by atoms with E-state index in [0.29, 0.717) is 12.6 Å². The van der Waals surface area contributed by atoms with E-state index in [9.17, 15) is 4.79 Å². The van der Waals surface area contributed by atoms with Gasteiger partial charge in [-0.1, -0.05) is 24.3 Å². The van der Waals surface area contributed by atoms with E-state index in [1.54, 1.807) is 7.05 Å². The number of para-hydroxylation sites is 1. The molecule has 148 valence electrons. The standard InChI is InChI=1S/C21H26BrN5O/c1-15(28)25-17-7-5-6-16(12-17)13-24-21(23-2)26-18-10-11-27(14-18)20-9-4-3-8-19(20)22/h3-9,12,18H,10-11,13-14H2,1-2H3,(H,25,28)(H2,23,24,26). The molecule has 28 heavy (non-hydrogen) atoms. The van der Waals surface area contributed by atoms with Crippen molar-refractivity contribution in [2.45, 2.75) is 25.9 Å². The third-order valence-electron chi connectivity index (χ3n) is 4.65. The van der Waals surface area contributed by atoms with Crippen molar-refractivity contribution in [3.05, 3.63) is 58.6 Å². The summed E-state index contributed by atoms with van der Waals surface area (Å²) in [5.41, 5.74) is 3.11. The molecule has 6 nitrogen and oxygen atoms in total. The predicted octanol–water partition coefficient (Wildman–Crippen LogP) is 3.35. The number of amides is 1. The monoisotopic (exact) mass is 443 g/mol. The second-order valence-electron chi connectivity index (χ2n) is 6.83. The highest BCUT2D eigenvalue weighted by molar-refractivity contribution is 9.10. The van der Waals surface area contributed by atoms with E-state index in [1.807, 2.05) is 30.3 Å². The smallest absolute Gasteiger partial charge is 0.221 e. The van der Waals surface area contributed by atoms with Crippen molar-refractivity contribution < 1.29 is 4.79 Å². The molecule has 1 aliphatic heterocycles. The van der Waals surface area contributed by atoms with Gasteiger partial charge in [-0.3, -0.25) is 9.79 Å². The van der Waals surface area contributed by atoms with Crippen LogP contribution in [0.15, 0.2) is 58.0 Å². The third-order valence-corrected chi connectivity index (χ3v) is 5.32. The average molecular weight is 444 g/mol. The Bertz CT molecular complexity index is 854. The zero-order valence-corrected chi connectivity index (χ0v) is 17.8. The lowest BCUT2D eigenvalue weighted by atomic mass is 10.2. The van der Waals surface area contributed by atoms with Gasteiger partial charge in [-0.2, -0.15) is 0 Å². The minimum absolute atomic E-state index is 0.0709. The SMILES string of the molecule is CN=C(NCc1cccc(NC(C)=O)c1)NC1CCN(c2ccccc2Br)C1. The molecule has 1 atom stereocenters. The Hall–Kier alpha value is -2.54. The Labute approximate surface area is 174 Å². The summed E-state index contributed by atoms with van der Waals surface area (Å²) in [5.74, 6) is 0.710. The highest BCUT2D eigenvalue weighted by Crippen LogP contribution is 2.28. The normalized spacial score (nSPS) is 16.8. The zero-order chi connectivity index (χ0) is 19.9. The zero-order valence-electron chi connectivity index (χ0n) is 16.2. The molecule has 0 bridgehead atoms. The van der Waals surface area contributed by atoms with Gasteiger partial charge in [0, 0.05) is 49.8 Å². The van der Waals surface area contributed by atoms with Crippen LogP contribution in [0.25, 0.3) is 0 Å². The summed E-state index contributed by atoms with van der Waals surface area (Å²) in [6, 6.07) is 16.5. The molecule has 2 aromatic rings. The number of hydrogen-bond acceptors (Lipinski definition) is 3. The molecule has 3 N–H and O–H groups in total. The molecule has 1 amide bonds. The second-order valence-corrected chi connectivity index (χ2v) is 7.69. The van der Waals surface area contributed by atoms with Crippen LogP contribution in [0.1, 0.15) is 18.9 Å². The lowest BCUT2D eigenvalue weighted by molar-refractivity contribution is -0.114. The maximum Gasteiger partial charge on any atom is 0.221 e. The van der Waals surface area contributed by atoms with Gasteiger partial charge in [0.15, 0.2) is 5.96 Å². The summed E-state index contributed by atoms with van der Waals surface area (Å²) in [7, 11) is 1.78. The van der Waals surface area contributed by atoms with E-state index in [1.165, 1.54) is 12.6 Å². The van der Waals surface area contributed by atoms with Crippen LogP contribution in [0.4, 0.5) is 11.4 Å². The summed E-state index contributed by atoms with van der Waals surface area (Å²) >= 11 is 3.64. The van der Waals surface area contributed by atoms with Crippen LogP contribution in [0.2, 0.25) is 0 Å². The lowest BCUT2D eigenvalue weighted by Crippen LogP contribution is -2.44. The molecule has 7 heteroatoms. The van der Waals surface area contributed by atoms with Crippen molar-refractivity contribution in [3.8, 4) is 0 Å². The molecule has 0 spiro atoms. The maximum absolute atomic E-state index is 11.2. The summed E-state index contributed by atoms with van der Waals surface area (Å²) < 4.78 is 1.12. The molecule has 0 aromatic heterocycles. The number of nitrogens with one attached hydrogen (secondary N) is 3. The summed E-state index contributed by atoms with van der Waals surface area (Å²) in [6.07, 6.45) is 1.06. The molecule has 1 fully saturated rings. The van der Waals surface area contributed by atoms with E-state index < -0.39 is 0 Å². The van der Waals surface area contributed by atoms with Gasteiger partial charge < -0.3 is 20.9 Å². The summed E-state index contributed by atoms with van der Waals surface area (Å²) in [5, 5.41) is 9.68. The first-order chi connectivity index (χ1) is 13.5. The van der Waals surface area contributed by atoms with Crippen molar-refractivity contribution in [2.24, 2.45) is 4.99 Å². The van der Waals surface area contributed by atoms with Crippen LogP contribution in [-0.4, -0.2) is 38.0 Å². The van der Waals surface area contributed by atoms with E-state index in [0.717, 1.165) is 41.2 Å². The molecule has 1 heterocycles. The minimum Gasteiger partial charge on any atom is -0.368 e. The van der Waals surface area contributed by atoms with Gasteiger partial charge in [0.25, 0.3) is 0 Å². The Morgan fingerprint density at radius 3 is 2.82 bits per heavy atom. The summed E-state index contributed by atoms with van der Waals surface area (Å²) in [6.45, 7) is 4.08. The first-order valence-corrected chi connectivity index (χ1v) is 10.2. The molecule has 2 aromatic carbocycles. The topological polar surface area (TPSA) is 68.8 Å². The molecular weight excluding hydrogens is 418 g/mol. The van der Waals surface area contributed by atoms with Crippen LogP contribution >= 0.6 is 15.9 Å². The van der Waals surface area contributed by atoms with Gasteiger partial charge in [-0.25, -0.2) is 0 Å². The number of anilines is 2. The van der Waals surface area contributed by atoms with E-state index in [-0.39, 0.29) is 5.91 Å². The number of halogens is 1. The molecule has 1 saturated heterocycles. The molecule has 1 unspecified atom stereocenters. The Kier molecular flexibility index (Phi) is 6.92. The number of carbonyl (C=O) groups excluding carboxylic acids is 1. The minimum atomic E-state index is -0.0709. The molecule has 3 rings (SSSR count). The molecular formula is C21H26BrN5O. The number of carbonyl (C=O) groups is 1. The van der Waals surface area contributed by atoms with Crippen LogP contribution < -0.4 is 20.9 Å². The van der Waals surface area contributed by atoms with Gasteiger partial charge in [0.1, 0.15) is 0 Å². The van der Waals surface area contributed by atoms with Gasteiger partial charge in [0.05, 0.1) is 5.69 Å². The number of benzene rings is 2. The van der Waals surface area contributed by atoms with E-state index in [2.05, 4.69) is 60.0 Å². The number of hydrogen-bond donors (Lipinski definition) is 3. The fraction of sp³-hybridized carbons (Fsp3) is 0.333. The van der Waals surface area contributed by atoms with Crippen LogP contribution in [0, 0.1) is 0 Å². The van der Waals surface area contributed by atoms with E-state index in [4.69, 9.17) is 0 Å². The largest absolute Gasteiger partial charge is 0.368 e. The fourth-order valence-electron chi connectivity index (χ4n) is 3.34. The highest BCUT2D eigenvalue weighted by Gasteiger charge is 2.24. The van der Waals surface area contributed by atoms with Crippen molar-refractivity contribution in [1.82, 2.24) is 10.6 Å². The van der Waals surface area contributed by atoms with Gasteiger partial charge >= 0.3 is 0 Å². The Morgan fingerprint density at radius 2 is 2.07 bits per heavy atom. The first kappa shape index (κ1) is 20.2. The Morgan fingerprint density at radius 1 is 1.25 bits per heavy atom. The van der Waals surface area contributed by atoms with Gasteiger partial charge in [-0.05, 0) is 52.2 Å². The lowest BCUT2D eigenvalue weighted by Gasteiger charge is -2.21. The molecule has 0 aliphatic carbocycles. The quantitative estimate of drug-likeness (QED) is 0.489. The highest BCUT2D eigenvalue weighted by atomic mass is 79.9. The van der Waals surface area contributed by atoms with Crippen LogP contribution in [0.3, 0.4) is 0 Å². The van der Waals surface area contributed by atoms with Gasteiger partial charge in [-0.15, -0.1) is 0 Å². The van der Waals surface area contributed by atoms with Crippen LogP contribution in [-0.2, 0) is 11.3 Å². The number of nitrogens with zero attached hydrogens (tertiary/aromatic N) is 2. The molecule has 1 aliphatic rings. The van der Waals surface area contributed by atoms with Crippen LogP contribution in [0.5, 0.6) is 0 Å².